The molecule has 8 nitrogen and oxygen atoms in total. The highest BCUT2D eigenvalue weighted by Crippen LogP contribution is 2.38. The Balaban J connectivity index is -0.000000138. The quantitative estimate of drug-likeness (QED) is 0.0949. The Morgan fingerprint density at radius 1 is 0.938 bits per heavy atom. The lowest BCUT2D eigenvalue weighted by Crippen LogP contribution is -2.42. The number of benzene rings is 1. The van der Waals surface area contributed by atoms with Crippen LogP contribution in [-0.2, 0) is 4.79 Å². The number of carbonyl (C=O) groups is 1. The Kier molecular flexibility index (Phi) is 74.3. The molecule has 64 heavy (non-hydrogen) atoms. The molecule has 0 bridgehead atoms. The number of pyridine rings is 1. The highest BCUT2D eigenvalue weighted by atomic mass is 35.5. The van der Waals surface area contributed by atoms with E-state index in [-0.39, 0.29) is 12.0 Å². The predicted octanol–water partition coefficient (Wildman–Crippen LogP) is 15.9. The Hall–Kier alpha value is -3.74. The number of aromatic nitrogens is 1. The molecule has 1 aromatic carbocycles. The number of halogens is 2. The van der Waals surface area contributed by atoms with Crippen LogP contribution in [0, 0.1) is 23.7 Å². The highest BCUT2D eigenvalue weighted by Gasteiger charge is 2.32. The summed E-state index contributed by atoms with van der Waals surface area (Å²) < 4.78 is 28.3. The molecule has 1 atom stereocenters. The van der Waals surface area contributed by atoms with Crippen LogP contribution in [0.25, 0.3) is 10.9 Å². The van der Waals surface area contributed by atoms with E-state index in [1.165, 1.54) is 26.7 Å². The van der Waals surface area contributed by atoms with Gasteiger partial charge in [0, 0.05) is 43.0 Å². The molecule has 0 radical (unpaired) electrons. The van der Waals surface area contributed by atoms with Crippen LogP contribution in [0.5, 0.6) is 17.2 Å². The van der Waals surface area contributed by atoms with Crippen molar-refractivity contribution in [3.8, 4) is 29.6 Å². The average molecular weight is 928 g/mol. The Morgan fingerprint density at radius 3 is 1.72 bits per heavy atom. The van der Waals surface area contributed by atoms with Crippen molar-refractivity contribution >= 4 is 28.4 Å². The van der Waals surface area contributed by atoms with Gasteiger partial charge in [-0.05, 0) is 104 Å². The number of allylic oxidation sites excluding steroid dienone is 2. The van der Waals surface area contributed by atoms with Gasteiger partial charge in [-0.1, -0.05) is 134 Å². The van der Waals surface area contributed by atoms with Crippen LogP contribution >= 0.6 is 11.6 Å². The monoisotopic (exact) mass is 927 g/mol. The number of terminal acetylenes is 1. The lowest BCUT2D eigenvalue weighted by molar-refractivity contribution is -0.133. The Bertz CT molecular complexity index is 1300. The fourth-order valence-corrected chi connectivity index (χ4v) is 4.64. The number of methoxy groups -OCH3 is 1. The molecular weight excluding hydrogens is 823 g/mol. The van der Waals surface area contributed by atoms with Gasteiger partial charge in [0.1, 0.15) is 5.75 Å². The molecule has 1 fully saturated rings. The molecule has 1 unspecified atom stereocenters. The van der Waals surface area contributed by atoms with Crippen LogP contribution < -0.4 is 24.8 Å². The van der Waals surface area contributed by atoms with Gasteiger partial charge in [0.25, 0.3) is 0 Å². The lowest BCUT2D eigenvalue weighted by Gasteiger charge is -2.41. The van der Waals surface area contributed by atoms with Gasteiger partial charge in [0.2, 0.25) is 5.91 Å². The topological polar surface area (TPSA) is 85.0 Å². The van der Waals surface area contributed by atoms with Crippen molar-refractivity contribution < 1.29 is 23.4 Å². The summed E-state index contributed by atoms with van der Waals surface area (Å²) in [4.78, 5) is 19.1. The molecule has 2 N–H and O–H groups in total. The minimum Gasteiger partial charge on any atom is -0.493 e. The van der Waals surface area contributed by atoms with Crippen molar-refractivity contribution in [1.82, 2.24) is 20.5 Å². The fourth-order valence-electron chi connectivity index (χ4n) is 4.64. The number of carbonyl (C=O) groups excluding carboxylic acids is 1. The summed E-state index contributed by atoms with van der Waals surface area (Å²) in [5, 5.41) is 6.34. The largest absolute Gasteiger partial charge is 0.493 e. The number of nitrogens with one attached hydrogen (secondary N) is 2. The number of amides is 1. The van der Waals surface area contributed by atoms with E-state index in [0.717, 1.165) is 48.6 Å². The maximum atomic E-state index is 12.7. The first-order valence-electron chi connectivity index (χ1n) is 23.9. The first-order chi connectivity index (χ1) is 30.6. The van der Waals surface area contributed by atoms with Crippen molar-refractivity contribution in [2.45, 2.75) is 182 Å². The first-order valence-corrected chi connectivity index (χ1v) is 24.4. The molecule has 1 aromatic heterocycles. The third-order valence-corrected chi connectivity index (χ3v) is 7.38. The summed E-state index contributed by atoms with van der Waals surface area (Å²) in [5.41, 5.74) is 1.15. The van der Waals surface area contributed by atoms with Crippen molar-refractivity contribution in [2.24, 2.45) is 11.3 Å². The van der Waals surface area contributed by atoms with E-state index < -0.39 is 6.17 Å². The Morgan fingerprint density at radius 2 is 1.38 bits per heavy atom. The van der Waals surface area contributed by atoms with Crippen LogP contribution in [0.15, 0.2) is 62.1 Å². The van der Waals surface area contributed by atoms with Crippen LogP contribution in [0.2, 0.25) is 0 Å². The second-order valence-corrected chi connectivity index (χ2v) is 14.1. The zero-order valence-corrected chi connectivity index (χ0v) is 46.5. The molecule has 1 aliphatic heterocycles. The summed E-state index contributed by atoms with van der Waals surface area (Å²) in [5.74, 6) is 6.18. The third kappa shape index (κ3) is 49.3. The summed E-state index contributed by atoms with van der Waals surface area (Å²) in [6.07, 6.45) is 18.9. The van der Waals surface area contributed by atoms with Gasteiger partial charge in [-0.25, -0.2) is 4.39 Å². The van der Waals surface area contributed by atoms with Gasteiger partial charge in [0.15, 0.2) is 17.6 Å². The van der Waals surface area contributed by atoms with Gasteiger partial charge in [-0.2, -0.15) is 0 Å². The number of piperidine rings is 1. The molecule has 1 aliphatic rings. The van der Waals surface area contributed by atoms with Gasteiger partial charge in [0.05, 0.1) is 25.4 Å². The molecule has 0 aliphatic carbocycles. The number of nitrogens with zero attached hydrogens (tertiary/aromatic N) is 2. The second kappa shape index (κ2) is 61.3. The van der Waals surface area contributed by atoms with Crippen LogP contribution in [0.1, 0.15) is 170 Å². The smallest absolute Gasteiger partial charge is 0.222 e. The van der Waals surface area contributed by atoms with Gasteiger partial charge in [-0.15, -0.1) is 24.6 Å². The SMILES string of the molecule is C#CC(C)Oc1ccnc2cc(OCCCC(=O)N3CCC(CC)(CC)CC3)c(OC)cc12.C=CC.C=CN/C=C/C.CC.CC.CC.CC.CC(C)C.CC(C)F.CCCl.CNC. The van der Waals surface area contributed by atoms with E-state index in [2.05, 4.69) is 69.3 Å². The van der Waals surface area contributed by atoms with Crippen LogP contribution in [0.4, 0.5) is 4.39 Å². The summed E-state index contributed by atoms with van der Waals surface area (Å²) >= 11 is 5.00. The van der Waals surface area contributed by atoms with Gasteiger partial charge >= 0.3 is 0 Å². The van der Waals surface area contributed by atoms with E-state index in [1.807, 2.05) is 126 Å². The summed E-state index contributed by atoms with van der Waals surface area (Å²) in [7, 11) is 5.35. The standard InChI is InChI=1S/C27H36N2O4.C5H9N.C4H10.C3H7F.C3H6.C2H5Cl.C2H7N.4C2H6/c1-6-20(4)33-23-11-14-28-22-19-25(24(31-5)18-21(22)23)32-17-9-10-26(30)29-15-12-27(7-2,8-3)13-16-29;1-3-5-6-4-2;1-4(2)3;1-3(2)4;1-3-2;1-2-3;1-3-2;4*1-2/h1,11,14,18-20H,7-10,12-13,15-17H2,2-5H3;3-6H,2H2,1H3;4H,1-3H3;3H,1-2H3;3H,1H2,2H3;2H2,1H3;3H,1-2H3;4*1-2H3/b;5-3+;;;;;;;;;. The zero-order chi connectivity index (χ0) is 52.0. The first kappa shape index (κ1) is 77.5. The number of hydrogen-bond acceptors (Lipinski definition) is 7. The van der Waals surface area contributed by atoms with E-state index in [4.69, 9.17) is 32.2 Å². The number of fused-ring (bicyclic) bond motifs is 1. The maximum absolute atomic E-state index is 12.7. The number of rotatable bonds is 12. The predicted molar refractivity (Wildman–Crippen MR) is 288 cm³/mol. The van der Waals surface area contributed by atoms with Crippen molar-refractivity contribution in [2.75, 3.05) is 46.8 Å². The van der Waals surface area contributed by atoms with Gasteiger partial charge in [-0.3, -0.25) is 9.78 Å². The number of alkyl halides is 2. The third-order valence-electron chi connectivity index (χ3n) is 7.38. The Labute approximate surface area is 403 Å². The van der Waals surface area contributed by atoms with E-state index >= 15 is 0 Å². The molecule has 1 saturated heterocycles. The van der Waals surface area contributed by atoms with Crippen LogP contribution in [0.3, 0.4) is 0 Å². The summed E-state index contributed by atoms with van der Waals surface area (Å²) in [6, 6.07) is 5.47. The molecule has 378 valence electrons. The molecule has 2 aromatic rings. The molecule has 10 heteroatoms. The number of likely N-dealkylation sites (tertiary alicyclic amines) is 1. The fraction of sp³-hybridized carbons (Fsp3) is 0.667. The maximum Gasteiger partial charge on any atom is 0.222 e. The van der Waals surface area contributed by atoms with E-state index in [9.17, 15) is 9.18 Å². The molecular formula is C54H104ClFN4O4. The van der Waals surface area contributed by atoms with E-state index in [0.29, 0.717) is 42.1 Å². The lowest BCUT2D eigenvalue weighted by atomic mass is 9.74. The average Bonchev–Trinajstić information content (AvgIpc) is 3.30. The van der Waals surface area contributed by atoms with Crippen molar-refractivity contribution in [3.63, 3.8) is 0 Å². The highest BCUT2D eigenvalue weighted by molar-refractivity contribution is 6.17. The minimum absolute atomic E-state index is 0.218. The minimum atomic E-state index is -0.667. The van der Waals surface area contributed by atoms with Gasteiger partial charge < -0.3 is 29.7 Å². The molecule has 2 heterocycles. The molecule has 3 rings (SSSR count). The second-order valence-electron chi connectivity index (χ2n) is 13.6. The zero-order valence-electron chi connectivity index (χ0n) is 45.7. The van der Waals surface area contributed by atoms with Crippen LogP contribution in [-0.4, -0.2) is 74.8 Å². The normalized spacial score (nSPS) is 11.4. The number of ether oxygens (including phenoxy) is 3. The molecule has 0 saturated carbocycles. The number of hydrogen-bond donors (Lipinski definition) is 2. The van der Waals surface area contributed by atoms with Crippen molar-refractivity contribution in [3.05, 3.63) is 62.1 Å². The summed E-state index contributed by atoms with van der Waals surface area (Å²) in [6.45, 7) is 46.5. The molecule has 1 amide bonds. The van der Waals surface area contributed by atoms with Crippen molar-refractivity contribution in [1.29, 1.82) is 0 Å². The van der Waals surface area contributed by atoms with E-state index in [1.54, 1.807) is 31.6 Å². The molecule has 0 spiro atoms.